The van der Waals surface area contributed by atoms with Crippen molar-refractivity contribution in [3.63, 3.8) is 0 Å². The molecule has 0 heterocycles. The predicted octanol–water partition coefficient (Wildman–Crippen LogP) is 4.59. The van der Waals surface area contributed by atoms with Crippen molar-refractivity contribution in [1.82, 2.24) is 0 Å². The van der Waals surface area contributed by atoms with E-state index in [1.165, 1.54) is 16.7 Å². The van der Waals surface area contributed by atoms with Gasteiger partial charge < -0.3 is 5.11 Å². The third-order valence-corrected chi connectivity index (χ3v) is 3.34. The Labute approximate surface area is 121 Å². The van der Waals surface area contributed by atoms with E-state index in [0.717, 1.165) is 31.6 Å². The number of halogens is 1. The van der Waals surface area contributed by atoms with Crippen LogP contribution in [0.5, 0.6) is 0 Å². The minimum absolute atomic E-state index is 0.0891. The Morgan fingerprint density at radius 2 is 2.11 bits per heavy atom. The molecule has 0 aliphatic rings. The van der Waals surface area contributed by atoms with Crippen molar-refractivity contribution >= 4 is 17.7 Å². The van der Waals surface area contributed by atoms with Crippen molar-refractivity contribution in [2.24, 2.45) is 0 Å². The highest BCUT2D eigenvalue weighted by atomic mass is 35.5. The molecular weight excluding hydrogens is 256 g/mol. The van der Waals surface area contributed by atoms with Crippen LogP contribution in [0.25, 0.3) is 6.08 Å². The van der Waals surface area contributed by atoms with E-state index in [4.69, 9.17) is 16.7 Å². The molecule has 0 aliphatic carbocycles. The minimum atomic E-state index is 0.0891. The molecule has 0 radical (unpaired) electrons. The van der Waals surface area contributed by atoms with E-state index < -0.39 is 0 Å². The Balaban J connectivity index is 2.55. The summed E-state index contributed by atoms with van der Waals surface area (Å²) >= 11 is 5.69. The van der Waals surface area contributed by atoms with E-state index in [1.54, 1.807) is 6.08 Å². The molecule has 1 nitrogen and oxygen atoms in total. The van der Waals surface area contributed by atoms with Crippen LogP contribution >= 0.6 is 11.6 Å². The summed E-state index contributed by atoms with van der Waals surface area (Å²) in [5, 5.41) is 8.84. The maximum Gasteiger partial charge on any atom is 0.0615 e. The van der Waals surface area contributed by atoms with Gasteiger partial charge in [0.05, 0.1) is 6.61 Å². The Morgan fingerprint density at radius 1 is 1.32 bits per heavy atom. The third kappa shape index (κ3) is 6.60. The summed E-state index contributed by atoms with van der Waals surface area (Å²) in [5.74, 6) is 0.736. The normalized spacial score (nSPS) is 12.3. The second-order valence-electron chi connectivity index (χ2n) is 4.67. The molecule has 0 spiro atoms. The summed E-state index contributed by atoms with van der Waals surface area (Å²) < 4.78 is 0. The van der Waals surface area contributed by atoms with Crippen molar-refractivity contribution in [3.05, 3.63) is 53.1 Å². The highest BCUT2D eigenvalue weighted by molar-refractivity contribution is 6.17. The van der Waals surface area contributed by atoms with Crippen LogP contribution in [-0.2, 0) is 6.42 Å². The largest absolute Gasteiger partial charge is 0.392 e. The molecule has 0 aliphatic heterocycles. The van der Waals surface area contributed by atoms with E-state index in [-0.39, 0.29) is 6.61 Å². The predicted molar refractivity (Wildman–Crippen MR) is 84.6 cm³/mol. The van der Waals surface area contributed by atoms with Gasteiger partial charge in [-0.15, -0.1) is 11.6 Å². The van der Waals surface area contributed by atoms with Gasteiger partial charge in [-0.1, -0.05) is 48.1 Å². The summed E-state index contributed by atoms with van der Waals surface area (Å²) in [5.41, 5.74) is 3.95. The van der Waals surface area contributed by atoms with Crippen LogP contribution in [0.1, 0.15) is 37.3 Å². The smallest absolute Gasteiger partial charge is 0.0615 e. The minimum Gasteiger partial charge on any atom is -0.392 e. The van der Waals surface area contributed by atoms with Crippen LogP contribution in [0, 0.1) is 0 Å². The number of aliphatic hydroxyl groups excluding tert-OH is 1. The fourth-order valence-electron chi connectivity index (χ4n) is 2.03. The van der Waals surface area contributed by atoms with Gasteiger partial charge in [0.1, 0.15) is 0 Å². The van der Waals surface area contributed by atoms with Gasteiger partial charge >= 0.3 is 0 Å². The van der Waals surface area contributed by atoms with Gasteiger partial charge in [-0.25, -0.2) is 0 Å². The maximum absolute atomic E-state index is 8.84. The molecule has 0 atom stereocenters. The molecule has 104 valence electrons. The van der Waals surface area contributed by atoms with Crippen molar-refractivity contribution in [2.45, 2.75) is 32.6 Å². The van der Waals surface area contributed by atoms with Crippen LogP contribution in [0.3, 0.4) is 0 Å². The average molecular weight is 279 g/mol. The molecular formula is C17H23ClO. The molecule has 0 amide bonds. The van der Waals surface area contributed by atoms with Crippen molar-refractivity contribution in [3.8, 4) is 0 Å². The first-order valence-corrected chi connectivity index (χ1v) is 7.38. The summed E-state index contributed by atoms with van der Waals surface area (Å²) in [6.45, 7) is 2.26. The van der Waals surface area contributed by atoms with Crippen LogP contribution < -0.4 is 0 Å². The van der Waals surface area contributed by atoms with E-state index >= 15 is 0 Å². The molecule has 1 aromatic carbocycles. The van der Waals surface area contributed by atoms with Gasteiger partial charge in [0.25, 0.3) is 0 Å². The van der Waals surface area contributed by atoms with Crippen LogP contribution in [0.2, 0.25) is 0 Å². The van der Waals surface area contributed by atoms with E-state index in [9.17, 15) is 0 Å². The quantitative estimate of drug-likeness (QED) is 0.545. The molecule has 0 bridgehead atoms. The summed E-state index contributed by atoms with van der Waals surface area (Å²) in [4.78, 5) is 0. The van der Waals surface area contributed by atoms with Gasteiger partial charge in [0.2, 0.25) is 0 Å². The Kier molecular flexibility index (Phi) is 8.28. The first kappa shape index (κ1) is 16.0. The lowest BCUT2D eigenvalue weighted by atomic mass is 10.0. The first-order valence-electron chi connectivity index (χ1n) is 6.85. The number of benzene rings is 1. The van der Waals surface area contributed by atoms with Gasteiger partial charge in [-0.3, -0.25) is 0 Å². The number of aryl methyl sites for hydroxylation is 1. The highest BCUT2D eigenvalue weighted by Gasteiger charge is 1.98. The van der Waals surface area contributed by atoms with Crippen molar-refractivity contribution in [1.29, 1.82) is 0 Å². The van der Waals surface area contributed by atoms with Gasteiger partial charge in [-0.2, -0.15) is 0 Å². The third-order valence-electron chi connectivity index (χ3n) is 3.07. The van der Waals surface area contributed by atoms with Gasteiger partial charge in [0.15, 0.2) is 0 Å². The van der Waals surface area contributed by atoms with Crippen molar-refractivity contribution < 1.29 is 5.11 Å². The Morgan fingerprint density at radius 3 is 2.84 bits per heavy atom. The molecule has 1 aromatic rings. The van der Waals surface area contributed by atoms with Gasteiger partial charge in [-0.05, 0) is 43.7 Å². The summed E-state index contributed by atoms with van der Waals surface area (Å²) in [6, 6.07) is 8.34. The monoisotopic (exact) mass is 278 g/mol. The van der Waals surface area contributed by atoms with Crippen molar-refractivity contribution in [2.75, 3.05) is 12.5 Å². The lowest BCUT2D eigenvalue weighted by Crippen LogP contribution is -1.89. The van der Waals surface area contributed by atoms with Crippen LogP contribution in [0.15, 0.2) is 42.0 Å². The zero-order valence-corrected chi connectivity index (χ0v) is 12.4. The molecule has 0 unspecified atom stereocenters. The molecule has 1 N–H and O–H groups in total. The second kappa shape index (κ2) is 9.82. The standard InChI is InChI=1S/C17H23ClO/c1-15(8-5-13-18)7-4-11-16-9-2-3-10-17(16)12-6-14-19/h2-3,6-7,9-10,12,19H,4-5,8,11,13-14H2,1H3. The molecule has 1 rings (SSSR count). The number of hydrogen-bond donors (Lipinski definition) is 1. The van der Waals surface area contributed by atoms with E-state index in [1.807, 2.05) is 12.1 Å². The number of rotatable bonds is 8. The maximum atomic E-state index is 8.84. The number of aliphatic hydroxyl groups is 1. The molecule has 0 aromatic heterocycles. The molecule has 2 heteroatoms. The van der Waals surface area contributed by atoms with E-state index in [0.29, 0.717) is 0 Å². The SMILES string of the molecule is CC(=CCCc1ccccc1C=CCO)CCCCl. The average Bonchev–Trinajstić information content (AvgIpc) is 2.44. The molecule has 19 heavy (non-hydrogen) atoms. The molecule has 0 saturated heterocycles. The topological polar surface area (TPSA) is 20.2 Å². The number of hydrogen-bond acceptors (Lipinski definition) is 1. The fourth-order valence-corrected chi connectivity index (χ4v) is 2.16. The zero-order chi connectivity index (χ0) is 13.9. The molecule has 0 saturated carbocycles. The number of allylic oxidation sites excluding steroid dienone is 2. The number of alkyl halides is 1. The summed E-state index contributed by atoms with van der Waals surface area (Å²) in [6.07, 6.45) is 10.3. The first-order chi connectivity index (χ1) is 9.27. The molecule has 0 fully saturated rings. The Hall–Kier alpha value is -1.05. The zero-order valence-electron chi connectivity index (χ0n) is 11.6. The van der Waals surface area contributed by atoms with Crippen LogP contribution in [-0.4, -0.2) is 17.6 Å². The highest BCUT2D eigenvalue weighted by Crippen LogP contribution is 2.14. The van der Waals surface area contributed by atoms with E-state index in [2.05, 4.69) is 31.2 Å². The second-order valence-corrected chi connectivity index (χ2v) is 5.04. The fraction of sp³-hybridized carbons (Fsp3) is 0.412. The summed E-state index contributed by atoms with van der Waals surface area (Å²) in [7, 11) is 0. The van der Waals surface area contributed by atoms with Gasteiger partial charge in [0, 0.05) is 5.88 Å². The Bertz CT molecular complexity index is 421. The van der Waals surface area contributed by atoms with Crippen LogP contribution in [0.4, 0.5) is 0 Å². The lowest BCUT2D eigenvalue weighted by Gasteiger charge is -2.05. The lowest BCUT2D eigenvalue weighted by molar-refractivity contribution is 0.343.